The van der Waals surface area contributed by atoms with Crippen molar-refractivity contribution >= 4 is 57.5 Å². The van der Waals surface area contributed by atoms with Gasteiger partial charge in [-0.25, -0.2) is 4.79 Å². The summed E-state index contributed by atoms with van der Waals surface area (Å²) < 4.78 is 5.75. The van der Waals surface area contributed by atoms with Gasteiger partial charge in [-0.2, -0.15) is 0 Å². The number of thiocarbonyl (C=S) groups is 1. The van der Waals surface area contributed by atoms with Crippen molar-refractivity contribution in [1.82, 2.24) is 5.32 Å². The van der Waals surface area contributed by atoms with Gasteiger partial charge in [0.2, 0.25) is 5.91 Å². The predicted octanol–water partition coefficient (Wildman–Crippen LogP) is 2.22. The highest BCUT2D eigenvalue weighted by Gasteiger charge is 2.03. The number of halogens is 1. The molecule has 0 spiro atoms. The summed E-state index contributed by atoms with van der Waals surface area (Å²) in [6, 6.07) is 7.51. The molecule has 7 heteroatoms. The van der Waals surface area contributed by atoms with E-state index in [1.54, 1.807) is 6.92 Å². The Kier molecular flexibility index (Phi) is 7.16. The highest BCUT2D eigenvalue weighted by molar-refractivity contribution is 14.1. The molecule has 0 bridgehead atoms. The van der Waals surface area contributed by atoms with Crippen molar-refractivity contribution in [3.63, 3.8) is 0 Å². The highest BCUT2D eigenvalue weighted by Crippen LogP contribution is 2.10. The number of amides is 1. The van der Waals surface area contributed by atoms with Gasteiger partial charge in [0.25, 0.3) is 0 Å². The molecule has 0 atom stereocenters. The summed E-state index contributed by atoms with van der Waals surface area (Å²) in [5, 5.41) is 5.44. The van der Waals surface area contributed by atoms with Gasteiger partial charge < -0.3 is 10.1 Å². The van der Waals surface area contributed by atoms with Crippen molar-refractivity contribution < 1.29 is 14.3 Å². The molecule has 106 valence electrons. The third kappa shape index (κ3) is 6.62. The van der Waals surface area contributed by atoms with Crippen LogP contribution in [0.5, 0.6) is 0 Å². The van der Waals surface area contributed by atoms with Crippen LogP contribution in [0.25, 0.3) is 0 Å². The molecule has 1 rings (SSSR count). The number of carbonyl (C=O) groups excluding carboxylic acids is 2. The molecule has 5 nitrogen and oxygen atoms in total. The highest BCUT2D eigenvalue weighted by atomic mass is 127. The number of anilines is 1. The molecule has 0 aromatic heterocycles. The van der Waals surface area contributed by atoms with Crippen molar-refractivity contribution in [2.75, 3.05) is 11.9 Å². The van der Waals surface area contributed by atoms with Crippen LogP contribution in [0.15, 0.2) is 36.4 Å². The number of hydrogen-bond acceptors (Lipinski definition) is 4. The molecule has 0 heterocycles. The predicted molar refractivity (Wildman–Crippen MR) is 89.3 cm³/mol. The van der Waals surface area contributed by atoms with E-state index in [0.29, 0.717) is 0 Å². The summed E-state index contributed by atoms with van der Waals surface area (Å²) in [6.45, 7) is 1.95. The van der Waals surface area contributed by atoms with E-state index in [1.807, 2.05) is 24.3 Å². The molecular weight excluding hydrogens is 391 g/mol. The van der Waals surface area contributed by atoms with Crippen LogP contribution in [0.3, 0.4) is 0 Å². The summed E-state index contributed by atoms with van der Waals surface area (Å²) in [5.74, 6) is -1.07. The third-order valence-electron chi connectivity index (χ3n) is 2.00. The molecule has 0 fully saturated rings. The van der Waals surface area contributed by atoms with E-state index >= 15 is 0 Å². The maximum atomic E-state index is 11.5. The Morgan fingerprint density at radius 3 is 2.55 bits per heavy atom. The van der Waals surface area contributed by atoms with E-state index in [1.165, 1.54) is 0 Å². The molecule has 0 saturated heterocycles. The Bertz CT molecular complexity index is 529. The van der Waals surface area contributed by atoms with E-state index in [-0.39, 0.29) is 11.7 Å². The van der Waals surface area contributed by atoms with Crippen LogP contribution in [0.4, 0.5) is 5.69 Å². The Morgan fingerprint density at radius 1 is 1.30 bits per heavy atom. The van der Waals surface area contributed by atoms with Gasteiger partial charge >= 0.3 is 5.97 Å². The normalized spacial score (nSPS) is 10.1. The Hall–Kier alpha value is -1.48. The van der Waals surface area contributed by atoms with E-state index in [0.717, 1.165) is 21.4 Å². The van der Waals surface area contributed by atoms with Gasteiger partial charge in [0, 0.05) is 21.4 Å². The smallest absolute Gasteiger partial charge is 0.330 e. The molecule has 0 radical (unpaired) electrons. The minimum atomic E-state index is -0.570. The number of carbonyl (C=O) groups is 2. The summed E-state index contributed by atoms with van der Waals surface area (Å²) >= 11 is 7.17. The molecule has 0 aliphatic heterocycles. The van der Waals surface area contributed by atoms with E-state index in [2.05, 4.69) is 38.0 Å². The van der Waals surface area contributed by atoms with Crippen LogP contribution in [-0.2, 0) is 14.3 Å². The average molecular weight is 404 g/mol. The van der Waals surface area contributed by atoms with Crippen molar-refractivity contribution in [3.05, 3.63) is 40.0 Å². The number of esters is 1. The average Bonchev–Trinajstić information content (AvgIpc) is 2.39. The van der Waals surface area contributed by atoms with Gasteiger partial charge in [0.1, 0.15) is 0 Å². The van der Waals surface area contributed by atoms with Gasteiger partial charge in [-0.3, -0.25) is 10.1 Å². The van der Waals surface area contributed by atoms with Crippen LogP contribution in [0.2, 0.25) is 0 Å². The van der Waals surface area contributed by atoms with Crippen LogP contribution >= 0.6 is 34.8 Å². The second kappa shape index (κ2) is 8.64. The number of rotatable bonds is 4. The maximum absolute atomic E-state index is 11.5. The topological polar surface area (TPSA) is 67.4 Å². The van der Waals surface area contributed by atoms with Crippen LogP contribution < -0.4 is 10.6 Å². The minimum absolute atomic E-state index is 0.157. The zero-order valence-corrected chi connectivity index (χ0v) is 13.7. The first-order chi connectivity index (χ1) is 9.51. The van der Waals surface area contributed by atoms with Crippen molar-refractivity contribution in [1.29, 1.82) is 0 Å². The van der Waals surface area contributed by atoms with Crippen LogP contribution in [-0.4, -0.2) is 23.6 Å². The molecule has 20 heavy (non-hydrogen) atoms. The maximum Gasteiger partial charge on any atom is 0.330 e. The molecule has 1 aromatic rings. The standard InChI is InChI=1S/C13H13IN2O3S/c1-2-19-12(18)8-7-11(17)16-13(20)15-10-5-3-9(14)4-6-10/h3-8H,2H2,1H3,(H2,15,16,17,20)/b8-7+. The van der Waals surface area contributed by atoms with E-state index in [9.17, 15) is 9.59 Å². The fourth-order valence-corrected chi connectivity index (χ4v) is 1.76. The SMILES string of the molecule is CCOC(=O)/C=C/C(=O)NC(=S)Nc1ccc(I)cc1. The molecular formula is C13H13IN2O3S. The van der Waals surface area contributed by atoms with Gasteiger partial charge in [0.15, 0.2) is 5.11 Å². The first-order valence-corrected chi connectivity index (χ1v) is 7.22. The van der Waals surface area contributed by atoms with Crippen LogP contribution in [0, 0.1) is 3.57 Å². The summed E-state index contributed by atoms with van der Waals surface area (Å²) in [7, 11) is 0. The zero-order chi connectivity index (χ0) is 15.0. The minimum Gasteiger partial charge on any atom is -0.463 e. The Balaban J connectivity index is 2.44. The second-order valence-corrected chi connectivity index (χ2v) is 5.19. The monoisotopic (exact) mass is 404 g/mol. The molecule has 1 aromatic carbocycles. The lowest BCUT2D eigenvalue weighted by Crippen LogP contribution is -2.32. The van der Waals surface area contributed by atoms with Gasteiger partial charge in [-0.15, -0.1) is 0 Å². The second-order valence-electron chi connectivity index (χ2n) is 3.54. The molecule has 0 aliphatic carbocycles. The first kappa shape index (κ1) is 16.6. The lowest BCUT2D eigenvalue weighted by molar-refractivity contribution is -0.137. The Morgan fingerprint density at radius 2 is 1.95 bits per heavy atom. The summed E-state index contributed by atoms with van der Waals surface area (Å²) in [5.41, 5.74) is 0.769. The molecule has 1 amide bonds. The molecule has 0 unspecified atom stereocenters. The van der Waals surface area contributed by atoms with Gasteiger partial charge in [-0.05, 0) is 66.0 Å². The lowest BCUT2D eigenvalue weighted by atomic mass is 10.3. The third-order valence-corrected chi connectivity index (χ3v) is 2.92. The van der Waals surface area contributed by atoms with Crippen molar-refractivity contribution in [3.8, 4) is 0 Å². The molecule has 0 aliphatic rings. The fraction of sp³-hybridized carbons (Fsp3) is 0.154. The Labute approximate surface area is 135 Å². The molecule has 2 N–H and O–H groups in total. The lowest BCUT2D eigenvalue weighted by Gasteiger charge is -2.07. The van der Waals surface area contributed by atoms with E-state index in [4.69, 9.17) is 12.2 Å². The largest absolute Gasteiger partial charge is 0.463 e. The fourth-order valence-electron chi connectivity index (χ4n) is 1.18. The number of nitrogens with one attached hydrogen (secondary N) is 2. The van der Waals surface area contributed by atoms with Gasteiger partial charge in [0.05, 0.1) is 6.61 Å². The summed E-state index contributed by atoms with van der Waals surface area (Å²) in [4.78, 5) is 22.5. The quantitative estimate of drug-likeness (QED) is 0.349. The number of hydrogen-bond donors (Lipinski definition) is 2. The van der Waals surface area contributed by atoms with E-state index < -0.39 is 11.9 Å². The zero-order valence-electron chi connectivity index (χ0n) is 10.7. The van der Waals surface area contributed by atoms with Gasteiger partial charge in [-0.1, -0.05) is 0 Å². The van der Waals surface area contributed by atoms with Crippen molar-refractivity contribution in [2.45, 2.75) is 6.92 Å². The number of benzene rings is 1. The summed E-state index contributed by atoms with van der Waals surface area (Å²) in [6.07, 6.45) is 2.12. The number of ether oxygens (including phenoxy) is 1. The first-order valence-electron chi connectivity index (χ1n) is 5.73. The van der Waals surface area contributed by atoms with Crippen molar-refractivity contribution in [2.24, 2.45) is 0 Å². The molecule has 0 saturated carbocycles. The van der Waals surface area contributed by atoms with Crippen LogP contribution in [0.1, 0.15) is 6.92 Å².